The summed E-state index contributed by atoms with van der Waals surface area (Å²) >= 11 is 0. The average molecular weight is 225 g/mol. The van der Waals surface area contributed by atoms with Crippen molar-refractivity contribution in [2.45, 2.75) is 45.0 Å². The highest BCUT2D eigenvalue weighted by molar-refractivity contribution is 4.77. The first-order chi connectivity index (χ1) is 6.99. The number of alkyl halides is 3. The van der Waals surface area contributed by atoms with Crippen molar-refractivity contribution in [2.75, 3.05) is 13.2 Å². The Morgan fingerprint density at radius 1 is 1.27 bits per heavy atom. The lowest BCUT2D eigenvalue weighted by Crippen LogP contribution is -2.39. The highest BCUT2D eigenvalue weighted by Gasteiger charge is 2.28. The summed E-state index contributed by atoms with van der Waals surface area (Å²) in [6.07, 6.45) is 0.130. The highest BCUT2D eigenvalue weighted by Crippen LogP contribution is 2.23. The van der Waals surface area contributed by atoms with Crippen LogP contribution in [0.4, 0.5) is 13.2 Å². The van der Waals surface area contributed by atoms with Crippen LogP contribution in [0.15, 0.2) is 0 Å². The number of rotatable bonds is 4. The van der Waals surface area contributed by atoms with Gasteiger partial charge in [-0.25, -0.2) is 0 Å². The van der Waals surface area contributed by atoms with E-state index >= 15 is 0 Å². The minimum absolute atomic E-state index is 0.272. The zero-order valence-corrected chi connectivity index (χ0v) is 8.94. The maximum Gasteiger partial charge on any atom is 0.522 e. The van der Waals surface area contributed by atoms with E-state index in [4.69, 9.17) is 0 Å². The van der Waals surface area contributed by atoms with E-state index in [1.807, 2.05) is 0 Å². The largest absolute Gasteiger partial charge is 0.522 e. The van der Waals surface area contributed by atoms with Gasteiger partial charge in [-0.05, 0) is 18.8 Å². The second-order valence-electron chi connectivity index (χ2n) is 4.12. The Morgan fingerprint density at radius 3 is 2.53 bits per heavy atom. The summed E-state index contributed by atoms with van der Waals surface area (Å²) in [6.45, 7) is 2.11. The van der Waals surface area contributed by atoms with E-state index < -0.39 is 6.36 Å². The lowest BCUT2D eigenvalue weighted by atomic mass is 9.86. The van der Waals surface area contributed by atoms with E-state index in [1.165, 1.54) is 12.8 Å². The first-order valence-corrected chi connectivity index (χ1v) is 5.43. The predicted octanol–water partition coefficient (Wildman–Crippen LogP) is 2.69. The van der Waals surface area contributed by atoms with Crippen LogP contribution in [0.25, 0.3) is 0 Å². The van der Waals surface area contributed by atoms with Gasteiger partial charge in [0.15, 0.2) is 0 Å². The van der Waals surface area contributed by atoms with Crippen molar-refractivity contribution >= 4 is 0 Å². The zero-order valence-electron chi connectivity index (χ0n) is 8.94. The smallest absolute Gasteiger partial charge is 0.311 e. The second-order valence-corrected chi connectivity index (χ2v) is 4.12. The molecule has 1 rings (SSSR count). The Morgan fingerprint density at radius 2 is 1.93 bits per heavy atom. The molecule has 0 radical (unpaired) electrons. The molecule has 2 unspecified atom stereocenters. The quantitative estimate of drug-likeness (QED) is 0.743. The third kappa shape index (κ3) is 5.37. The van der Waals surface area contributed by atoms with Crippen LogP contribution in [-0.4, -0.2) is 25.6 Å². The molecule has 0 saturated heterocycles. The summed E-state index contributed by atoms with van der Waals surface area (Å²) < 4.78 is 38.6. The Hall–Kier alpha value is -0.290. The van der Waals surface area contributed by atoms with Gasteiger partial charge in [0.2, 0.25) is 0 Å². The third-order valence-corrected chi connectivity index (χ3v) is 2.89. The maximum atomic E-state index is 11.6. The molecule has 1 aliphatic rings. The van der Waals surface area contributed by atoms with Crippen LogP contribution in [0.5, 0.6) is 0 Å². The highest BCUT2D eigenvalue weighted by atomic mass is 19.4. The molecule has 15 heavy (non-hydrogen) atoms. The van der Waals surface area contributed by atoms with Crippen LogP contribution in [0.1, 0.15) is 32.6 Å². The Balaban J connectivity index is 2.08. The van der Waals surface area contributed by atoms with Crippen molar-refractivity contribution in [1.29, 1.82) is 0 Å². The third-order valence-electron chi connectivity index (χ3n) is 2.89. The van der Waals surface area contributed by atoms with Crippen LogP contribution < -0.4 is 5.32 Å². The average Bonchev–Trinajstić information content (AvgIpc) is 2.13. The van der Waals surface area contributed by atoms with Gasteiger partial charge in [-0.15, -0.1) is 13.2 Å². The van der Waals surface area contributed by atoms with Crippen LogP contribution in [-0.2, 0) is 4.74 Å². The van der Waals surface area contributed by atoms with Crippen molar-refractivity contribution < 1.29 is 17.9 Å². The summed E-state index contributed by atoms with van der Waals surface area (Å²) in [4.78, 5) is 0. The van der Waals surface area contributed by atoms with Gasteiger partial charge in [-0.2, -0.15) is 0 Å². The van der Waals surface area contributed by atoms with Crippen molar-refractivity contribution in [2.24, 2.45) is 5.92 Å². The van der Waals surface area contributed by atoms with E-state index in [1.54, 1.807) is 0 Å². The molecule has 1 aliphatic carbocycles. The maximum absolute atomic E-state index is 11.6. The lowest BCUT2D eigenvalue weighted by molar-refractivity contribution is -0.323. The lowest BCUT2D eigenvalue weighted by Gasteiger charge is -2.29. The molecular formula is C10H18F3NO. The number of ether oxygens (including phenoxy) is 1. The Bertz CT molecular complexity index is 184. The summed E-state index contributed by atoms with van der Waals surface area (Å²) in [5.74, 6) is 0.560. The predicted molar refractivity (Wildman–Crippen MR) is 51.4 cm³/mol. The van der Waals surface area contributed by atoms with Crippen molar-refractivity contribution in [3.63, 3.8) is 0 Å². The van der Waals surface area contributed by atoms with Crippen molar-refractivity contribution in [3.05, 3.63) is 0 Å². The minimum Gasteiger partial charge on any atom is -0.311 e. The van der Waals surface area contributed by atoms with Gasteiger partial charge in [0.05, 0.1) is 6.61 Å². The van der Waals surface area contributed by atoms with Crippen LogP contribution in [0.3, 0.4) is 0 Å². The molecule has 0 heterocycles. The molecule has 90 valence electrons. The van der Waals surface area contributed by atoms with E-state index in [2.05, 4.69) is 17.0 Å². The van der Waals surface area contributed by atoms with Gasteiger partial charge in [0, 0.05) is 12.6 Å². The number of nitrogens with one attached hydrogen (secondary N) is 1. The molecule has 0 aromatic heterocycles. The topological polar surface area (TPSA) is 21.3 Å². The Labute approximate surface area is 88.2 Å². The van der Waals surface area contributed by atoms with Gasteiger partial charge in [-0.1, -0.05) is 19.8 Å². The van der Waals surface area contributed by atoms with Crippen molar-refractivity contribution in [1.82, 2.24) is 5.32 Å². The molecule has 5 heteroatoms. The van der Waals surface area contributed by atoms with Gasteiger partial charge >= 0.3 is 6.36 Å². The molecule has 0 spiro atoms. The monoisotopic (exact) mass is 225 g/mol. The van der Waals surface area contributed by atoms with Gasteiger partial charge in [0.25, 0.3) is 0 Å². The summed E-state index contributed by atoms with van der Waals surface area (Å²) in [5.41, 5.74) is 0. The van der Waals surface area contributed by atoms with Crippen molar-refractivity contribution in [3.8, 4) is 0 Å². The minimum atomic E-state index is -4.50. The number of hydrogen-bond acceptors (Lipinski definition) is 2. The Kier molecular flexibility index (Phi) is 4.86. The standard InChI is InChI=1S/C10H18F3NO/c1-8-4-2-3-5-9(8)14-6-7-15-10(11,12)13/h8-9,14H,2-7H2,1H3. The molecular weight excluding hydrogens is 207 g/mol. The fourth-order valence-electron chi connectivity index (χ4n) is 2.03. The van der Waals surface area contributed by atoms with Crippen LogP contribution in [0.2, 0.25) is 0 Å². The molecule has 0 aliphatic heterocycles. The van der Waals surface area contributed by atoms with Crippen LogP contribution in [0, 0.1) is 5.92 Å². The van der Waals surface area contributed by atoms with E-state index in [9.17, 15) is 13.2 Å². The molecule has 1 N–H and O–H groups in total. The fourth-order valence-corrected chi connectivity index (χ4v) is 2.03. The number of hydrogen-bond donors (Lipinski definition) is 1. The van der Waals surface area contributed by atoms with E-state index in [0.717, 1.165) is 12.8 Å². The first-order valence-electron chi connectivity index (χ1n) is 5.43. The molecule has 1 fully saturated rings. The summed E-state index contributed by atoms with van der Waals surface area (Å²) in [7, 11) is 0. The first kappa shape index (κ1) is 12.8. The SMILES string of the molecule is CC1CCCCC1NCCOC(F)(F)F. The molecule has 1 saturated carbocycles. The molecule has 2 nitrogen and oxygen atoms in total. The van der Waals surface area contributed by atoms with E-state index in [-0.39, 0.29) is 13.2 Å². The summed E-state index contributed by atoms with van der Waals surface area (Å²) in [5, 5.41) is 3.12. The van der Waals surface area contributed by atoms with Gasteiger partial charge in [0.1, 0.15) is 0 Å². The molecule has 0 aromatic carbocycles. The number of halogens is 3. The van der Waals surface area contributed by atoms with Gasteiger partial charge < -0.3 is 5.32 Å². The molecule has 0 aromatic rings. The second kappa shape index (κ2) is 5.70. The zero-order chi connectivity index (χ0) is 11.3. The fraction of sp³-hybridized carbons (Fsp3) is 1.00. The molecule has 0 amide bonds. The summed E-state index contributed by atoms with van der Waals surface area (Å²) in [6, 6.07) is 0.357. The molecule has 0 bridgehead atoms. The van der Waals surface area contributed by atoms with Gasteiger partial charge in [-0.3, -0.25) is 4.74 Å². The molecule has 2 atom stereocenters. The normalized spacial score (nSPS) is 28.0. The van der Waals surface area contributed by atoms with Crippen LogP contribution >= 0.6 is 0 Å². The van der Waals surface area contributed by atoms with E-state index in [0.29, 0.717) is 12.0 Å².